The van der Waals surface area contributed by atoms with Gasteiger partial charge < -0.3 is 14.8 Å². The van der Waals surface area contributed by atoms with Crippen molar-refractivity contribution in [3.05, 3.63) is 48.5 Å². The first-order chi connectivity index (χ1) is 14.0. The van der Waals surface area contributed by atoms with Gasteiger partial charge in [-0.3, -0.25) is 4.79 Å². The molecule has 0 aliphatic carbocycles. The van der Waals surface area contributed by atoms with Crippen LogP contribution in [0.1, 0.15) is 25.7 Å². The predicted molar refractivity (Wildman–Crippen MR) is 109 cm³/mol. The molecule has 1 amide bonds. The topological polar surface area (TPSA) is 84.9 Å². The van der Waals surface area contributed by atoms with Gasteiger partial charge in [-0.05, 0) is 49.2 Å². The summed E-state index contributed by atoms with van der Waals surface area (Å²) in [6.07, 6.45) is 3.13. The van der Waals surface area contributed by atoms with Gasteiger partial charge in [0, 0.05) is 18.8 Å². The second-order valence-corrected chi connectivity index (χ2v) is 9.13. The molecule has 0 radical (unpaired) electrons. The number of rotatable bonds is 4. The Morgan fingerprint density at radius 3 is 2.28 bits per heavy atom. The van der Waals surface area contributed by atoms with Gasteiger partial charge in [-0.2, -0.15) is 4.31 Å². The van der Waals surface area contributed by atoms with Crippen LogP contribution < -0.4 is 14.8 Å². The number of sulfonamides is 1. The van der Waals surface area contributed by atoms with Crippen molar-refractivity contribution in [3.63, 3.8) is 0 Å². The summed E-state index contributed by atoms with van der Waals surface area (Å²) in [7, 11) is -3.51. The molecule has 1 fully saturated rings. The minimum absolute atomic E-state index is 0.115. The van der Waals surface area contributed by atoms with Crippen LogP contribution in [0.25, 0.3) is 0 Å². The molecule has 2 heterocycles. The highest BCUT2D eigenvalue weighted by Gasteiger charge is 2.28. The lowest BCUT2D eigenvalue weighted by Gasteiger charge is -2.25. The first-order valence-corrected chi connectivity index (χ1v) is 11.3. The number of fused-ring (bicyclic) bond motifs is 1. The normalized spacial score (nSPS) is 19.9. The molecule has 2 aliphatic heterocycles. The summed E-state index contributed by atoms with van der Waals surface area (Å²) < 4.78 is 38.5. The molecular weight excluding hydrogens is 392 g/mol. The van der Waals surface area contributed by atoms with Gasteiger partial charge in [0.1, 0.15) is 6.61 Å². The van der Waals surface area contributed by atoms with E-state index in [2.05, 4.69) is 5.32 Å². The summed E-state index contributed by atoms with van der Waals surface area (Å²) in [6, 6.07) is 13.4. The fourth-order valence-corrected chi connectivity index (χ4v) is 5.03. The van der Waals surface area contributed by atoms with Crippen LogP contribution in [0, 0.1) is 0 Å². The fraction of sp³-hybridized carbons (Fsp3) is 0.381. The summed E-state index contributed by atoms with van der Waals surface area (Å²) in [5, 5.41) is 2.76. The van der Waals surface area contributed by atoms with Gasteiger partial charge in [0.25, 0.3) is 5.91 Å². The summed E-state index contributed by atoms with van der Waals surface area (Å²) in [4.78, 5) is 12.7. The predicted octanol–water partition coefficient (Wildman–Crippen LogP) is 3.03. The molecule has 0 unspecified atom stereocenters. The number of ether oxygens (including phenoxy) is 2. The Balaban J connectivity index is 1.41. The van der Waals surface area contributed by atoms with E-state index < -0.39 is 16.1 Å². The van der Waals surface area contributed by atoms with Crippen LogP contribution in [0.15, 0.2) is 53.4 Å². The summed E-state index contributed by atoms with van der Waals surface area (Å²) in [5.41, 5.74) is 0.507. The average molecular weight is 416 g/mol. The lowest BCUT2D eigenvalue weighted by molar-refractivity contribution is -0.125. The number of hydrogen-bond donors (Lipinski definition) is 1. The molecular formula is C21H24N2O5S. The number of carbonyl (C=O) groups excluding carboxylic acids is 1. The lowest BCUT2D eigenvalue weighted by atomic mass is 10.2. The van der Waals surface area contributed by atoms with E-state index in [4.69, 9.17) is 9.47 Å². The Kier molecular flexibility index (Phi) is 5.73. The minimum atomic E-state index is -3.51. The van der Waals surface area contributed by atoms with E-state index in [9.17, 15) is 13.2 Å². The minimum Gasteiger partial charge on any atom is -0.485 e. The first kappa shape index (κ1) is 19.7. The SMILES string of the molecule is O=C(Nc1ccc(S(=O)(=O)N2CCCCCC2)cc1)[C@H]1COc2ccccc2O1. The monoisotopic (exact) mass is 416 g/mol. The summed E-state index contributed by atoms with van der Waals surface area (Å²) in [5.74, 6) is 0.792. The van der Waals surface area contributed by atoms with E-state index in [1.165, 1.54) is 12.1 Å². The molecule has 1 N–H and O–H groups in total. The molecule has 154 valence electrons. The van der Waals surface area contributed by atoms with Crippen molar-refractivity contribution in [1.29, 1.82) is 0 Å². The Morgan fingerprint density at radius 1 is 0.931 bits per heavy atom. The Hall–Kier alpha value is -2.58. The molecule has 2 aromatic carbocycles. The highest BCUT2D eigenvalue weighted by molar-refractivity contribution is 7.89. The van der Waals surface area contributed by atoms with E-state index in [1.807, 2.05) is 12.1 Å². The largest absolute Gasteiger partial charge is 0.485 e. The standard InChI is InChI=1S/C21H24N2O5S/c24-21(20-15-27-18-7-3-4-8-19(18)28-20)22-16-9-11-17(12-10-16)29(25,26)23-13-5-1-2-6-14-23/h3-4,7-12,20H,1-2,5-6,13-15H2,(H,22,24)/t20-/m1/s1. The molecule has 2 aromatic rings. The highest BCUT2D eigenvalue weighted by atomic mass is 32.2. The molecule has 29 heavy (non-hydrogen) atoms. The van der Waals surface area contributed by atoms with Crippen molar-refractivity contribution in [2.45, 2.75) is 36.7 Å². The molecule has 2 aliphatic rings. The number of amides is 1. The molecule has 8 heteroatoms. The van der Waals surface area contributed by atoms with Gasteiger partial charge in [-0.25, -0.2) is 8.42 Å². The number of carbonyl (C=O) groups is 1. The molecule has 0 spiro atoms. The van der Waals surface area contributed by atoms with E-state index in [1.54, 1.807) is 28.6 Å². The van der Waals surface area contributed by atoms with Crippen molar-refractivity contribution in [2.75, 3.05) is 25.0 Å². The van der Waals surface area contributed by atoms with E-state index in [0.717, 1.165) is 25.7 Å². The van der Waals surface area contributed by atoms with Gasteiger partial charge in [0.15, 0.2) is 11.5 Å². The number of nitrogens with zero attached hydrogens (tertiary/aromatic N) is 1. The molecule has 0 bridgehead atoms. The molecule has 0 aromatic heterocycles. The zero-order valence-corrected chi connectivity index (χ0v) is 16.9. The Labute approximate surface area is 170 Å². The molecule has 4 rings (SSSR count). The van der Waals surface area contributed by atoms with E-state index >= 15 is 0 Å². The quantitative estimate of drug-likeness (QED) is 0.828. The number of hydrogen-bond acceptors (Lipinski definition) is 5. The maximum absolute atomic E-state index is 12.8. The summed E-state index contributed by atoms with van der Waals surface area (Å²) >= 11 is 0. The molecule has 1 saturated heterocycles. The van der Waals surface area contributed by atoms with E-state index in [-0.39, 0.29) is 17.4 Å². The third kappa shape index (κ3) is 4.38. The van der Waals surface area contributed by atoms with Gasteiger partial charge in [-0.15, -0.1) is 0 Å². The Bertz CT molecular complexity index is 967. The second-order valence-electron chi connectivity index (χ2n) is 7.20. The smallest absolute Gasteiger partial charge is 0.269 e. The van der Waals surface area contributed by atoms with Crippen molar-refractivity contribution in [1.82, 2.24) is 4.31 Å². The van der Waals surface area contributed by atoms with Gasteiger partial charge >= 0.3 is 0 Å². The third-order valence-corrected chi connectivity index (χ3v) is 7.04. The number of para-hydroxylation sites is 2. The van der Waals surface area contributed by atoms with Crippen molar-refractivity contribution in [2.24, 2.45) is 0 Å². The van der Waals surface area contributed by atoms with Crippen LogP contribution in [-0.2, 0) is 14.8 Å². The maximum atomic E-state index is 12.8. The number of nitrogens with one attached hydrogen (secondary N) is 1. The van der Waals surface area contributed by atoms with Gasteiger partial charge in [0.05, 0.1) is 4.90 Å². The zero-order chi connectivity index (χ0) is 20.3. The first-order valence-electron chi connectivity index (χ1n) is 9.83. The van der Waals surface area contributed by atoms with Crippen molar-refractivity contribution < 1.29 is 22.7 Å². The lowest BCUT2D eigenvalue weighted by Crippen LogP contribution is -2.40. The van der Waals surface area contributed by atoms with Crippen LogP contribution in [0.4, 0.5) is 5.69 Å². The highest BCUT2D eigenvalue weighted by Crippen LogP contribution is 2.31. The van der Waals surface area contributed by atoms with E-state index in [0.29, 0.717) is 30.3 Å². The van der Waals surface area contributed by atoms with Gasteiger partial charge in [-0.1, -0.05) is 25.0 Å². The molecule has 7 nitrogen and oxygen atoms in total. The number of benzene rings is 2. The average Bonchev–Trinajstić information content (AvgIpc) is 3.04. The third-order valence-electron chi connectivity index (χ3n) is 5.13. The maximum Gasteiger partial charge on any atom is 0.269 e. The van der Waals surface area contributed by atoms with Crippen LogP contribution in [0.5, 0.6) is 11.5 Å². The van der Waals surface area contributed by atoms with Crippen LogP contribution >= 0.6 is 0 Å². The van der Waals surface area contributed by atoms with Crippen LogP contribution in [0.2, 0.25) is 0 Å². The van der Waals surface area contributed by atoms with Crippen molar-refractivity contribution >= 4 is 21.6 Å². The second kappa shape index (κ2) is 8.42. The summed E-state index contributed by atoms with van der Waals surface area (Å²) in [6.45, 7) is 1.23. The zero-order valence-electron chi connectivity index (χ0n) is 16.0. The fourth-order valence-electron chi connectivity index (χ4n) is 3.51. The van der Waals surface area contributed by atoms with Crippen molar-refractivity contribution in [3.8, 4) is 11.5 Å². The number of anilines is 1. The van der Waals surface area contributed by atoms with Crippen LogP contribution in [0.3, 0.4) is 0 Å². The molecule has 1 atom stereocenters. The van der Waals surface area contributed by atoms with Crippen LogP contribution in [-0.4, -0.2) is 44.4 Å². The van der Waals surface area contributed by atoms with Gasteiger partial charge in [0.2, 0.25) is 16.1 Å². The Morgan fingerprint density at radius 2 is 1.59 bits per heavy atom. The molecule has 0 saturated carbocycles.